The molecule has 1 aliphatic carbocycles. The van der Waals surface area contributed by atoms with Gasteiger partial charge < -0.3 is 0 Å². The molecule has 1 saturated carbocycles. The summed E-state index contributed by atoms with van der Waals surface area (Å²) in [5.74, 6) is 0.839. The van der Waals surface area contributed by atoms with E-state index in [0.29, 0.717) is 11.4 Å². The molecular formula is C18H15NOS. The van der Waals surface area contributed by atoms with Crippen LogP contribution in [0, 0.1) is 0 Å². The fourth-order valence-corrected chi connectivity index (χ4v) is 3.53. The Labute approximate surface area is 127 Å². The van der Waals surface area contributed by atoms with E-state index in [2.05, 4.69) is 23.2 Å². The van der Waals surface area contributed by atoms with Crippen LogP contribution in [0.3, 0.4) is 0 Å². The summed E-state index contributed by atoms with van der Waals surface area (Å²) in [5, 5.41) is 0.619. The molecule has 1 aliphatic rings. The number of hydrogen-bond donors (Lipinski definition) is 0. The zero-order chi connectivity index (χ0) is 14.2. The van der Waals surface area contributed by atoms with E-state index in [1.165, 1.54) is 29.7 Å². The van der Waals surface area contributed by atoms with Crippen molar-refractivity contribution in [2.75, 3.05) is 0 Å². The minimum Gasteiger partial charge on any atom is -0.291 e. The number of aromatic nitrogens is 1. The molecule has 4 rings (SSSR count). The Morgan fingerprint density at radius 1 is 1.14 bits per heavy atom. The van der Waals surface area contributed by atoms with E-state index >= 15 is 0 Å². The first-order chi connectivity index (χ1) is 10.3. The van der Waals surface area contributed by atoms with Gasteiger partial charge in [-0.1, -0.05) is 36.4 Å². The third kappa shape index (κ3) is 2.61. The van der Waals surface area contributed by atoms with E-state index in [-0.39, 0.29) is 5.78 Å². The van der Waals surface area contributed by atoms with Gasteiger partial charge in [0.1, 0.15) is 0 Å². The Morgan fingerprint density at radius 2 is 2.00 bits per heavy atom. The van der Waals surface area contributed by atoms with E-state index in [9.17, 15) is 4.79 Å². The van der Waals surface area contributed by atoms with Gasteiger partial charge in [0, 0.05) is 6.42 Å². The number of hydrogen-bond acceptors (Lipinski definition) is 3. The van der Waals surface area contributed by atoms with Gasteiger partial charge in [-0.15, -0.1) is 11.3 Å². The number of rotatable bonds is 4. The minimum atomic E-state index is 0.115. The molecule has 0 atom stereocenters. The van der Waals surface area contributed by atoms with Crippen molar-refractivity contribution in [2.45, 2.75) is 25.2 Å². The van der Waals surface area contributed by atoms with Crippen LogP contribution in [0.1, 0.15) is 39.7 Å². The fraction of sp³-hybridized carbons (Fsp3) is 0.222. The van der Waals surface area contributed by atoms with E-state index in [1.807, 2.05) is 30.3 Å². The van der Waals surface area contributed by atoms with Crippen molar-refractivity contribution in [1.29, 1.82) is 0 Å². The standard InChI is InChI=1S/C18H15NOS/c20-16(18-19-15-6-1-2-7-17(15)21-18)11-12-4-3-5-14(10-12)13-8-9-13/h1-7,10,13H,8-9,11H2. The summed E-state index contributed by atoms with van der Waals surface area (Å²) in [6.45, 7) is 0. The van der Waals surface area contributed by atoms with E-state index < -0.39 is 0 Å². The number of fused-ring (bicyclic) bond motifs is 1. The lowest BCUT2D eigenvalue weighted by Gasteiger charge is -2.02. The Hall–Kier alpha value is -2.00. The van der Waals surface area contributed by atoms with Crippen LogP contribution < -0.4 is 0 Å². The molecule has 0 aliphatic heterocycles. The van der Waals surface area contributed by atoms with Crippen LogP contribution >= 0.6 is 11.3 Å². The number of nitrogens with zero attached hydrogens (tertiary/aromatic N) is 1. The highest BCUT2D eigenvalue weighted by atomic mass is 32.1. The summed E-state index contributed by atoms with van der Waals surface area (Å²) >= 11 is 1.49. The summed E-state index contributed by atoms with van der Waals surface area (Å²) < 4.78 is 1.08. The highest BCUT2D eigenvalue weighted by Crippen LogP contribution is 2.40. The lowest BCUT2D eigenvalue weighted by Crippen LogP contribution is -2.03. The van der Waals surface area contributed by atoms with Crippen LogP contribution in [0.5, 0.6) is 0 Å². The highest BCUT2D eigenvalue weighted by Gasteiger charge is 2.23. The molecule has 104 valence electrons. The van der Waals surface area contributed by atoms with Crippen LogP contribution in [0.15, 0.2) is 48.5 Å². The van der Waals surface area contributed by atoms with Crippen molar-refractivity contribution < 1.29 is 4.79 Å². The van der Waals surface area contributed by atoms with Crippen molar-refractivity contribution in [3.63, 3.8) is 0 Å². The second kappa shape index (κ2) is 5.08. The number of Topliss-reactive ketones (excluding diaryl/α,β-unsaturated/α-hetero) is 1. The zero-order valence-corrected chi connectivity index (χ0v) is 12.4. The summed E-state index contributed by atoms with van der Waals surface area (Å²) in [7, 11) is 0. The number of ketones is 1. The maximum absolute atomic E-state index is 12.4. The summed E-state index contributed by atoms with van der Waals surface area (Å²) in [6, 6.07) is 16.4. The lowest BCUT2D eigenvalue weighted by molar-refractivity contribution is 0.0993. The first-order valence-electron chi connectivity index (χ1n) is 7.27. The Kier molecular flexibility index (Phi) is 3.08. The molecule has 0 bridgehead atoms. The predicted octanol–water partition coefficient (Wildman–Crippen LogP) is 4.60. The fourth-order valence-electron chi connectivity index (χ4n) is 2.63. The van der Waals surface area contributed by atoms with Crippen molar-refractivity contribution in [3.8, 4) is 0 Å². The molecule has 1 fully saturated rings. The highest BCUT2D eigenvalue weighted by molar-refractivity contribution is 7.20. The molecule has 1 heterocycles. The summed E-state index contributed by atoms with van der Waals surface area (Å²) in [5.41, 5.74) is 3.39. The smallest absolute Gasteiger partial charge is 0.195 e. The third-order valence-electron chi connectivity index (χ3n) is 3.90. The van der Waals surface area contributed by atoms with Crippen LogP contribution in [-0.2, 0) is 6.42 Å². The molecule has 2 aromatic carbocycles. The number of benzene rings is 2. The van der Waals surface area contributed by atoms with Gasteiger partial charge in [-0.3, -0.25) is 4.79 Å². The molecule has 3 heteroatoms. The number of para-hydroxylation sites is 1. The average molecular weight is 293 g/mol. The number of carbonyl (C=O) groups excluding carboxylic acids is 1. The van der Waals surface area contributed by atoms with Crippen molar-refractivity contribution in [3.05, 3.63) is 64.7 Å². The molecule has 2 nitrogen and oxygen atoms in total. The van der Waals surface area contributed by atoms with Gasteiger partial charge >= 0.3 is 0 Å². The molecule has 0 N–H and O–H groups in total. The largest absolute Gasteiger partial charge is 0.291 e. The predicted molar refractivity (Wildman–Crippen MR) is 86.1 cm³/mol. The van der Waals surface area contributed by atoms with Gasteiger partial charge in [0.25, 0.3) is 0 Å². The number of carbonyl (C=O) groups is 1. The molecule has 0 unspecified atom stereocenters. The van der Waals surface area contributed by atoms with Crippen LogP contribution in [-0.4, -0.2) is 10.8 Å². The molecule has 21 heavy (non-hydrogen) atoms. The summed E-state index contributed by atoms with van der Waals surface area (Å²) in [4.78, 5) is 16.9. The van der Waals surface area contributed by atoms with Gasteiger partial charge in [0.05, 0.1) is 10.2 Å². The maximum Gasteiger partial charge on any atom is 0.195 e. The lowest BCUT2D eigenvalue weighted by atomic mass is 10.0. The van der Waals surface area contributed by atoms with Gasteiger partial charge in [0.15, 0.2) is 10.8 Å². The minimum absolute atomic E-state index is 0.115. The number of thiazole rings is 1. The molecule has 0 radical (unpaired) electrons. The second-order valence-electron chi connectivity index (χ2n) is 5.61. The molecular weight excluding hydrogens is 278 g/mol. The SMILES string of the molecule is O=C(Cc1cccc(C2CC2)c1)c1nc2ccccc2s1. The van der Waals surface area contributed by atoms with Gasteiger partial charge in [0.2, 0.25) is 0 Å². The maximum atomic E-state index is 12.4. The van der Waals surface area contributed by atoms with Crippen molar-refractivity contribution in [1.82, 2.24) is 4.98 Å². The molecule has 0 spiro atoms. The van der Waals surface area contributed by atoms with Gasteiger partial charge in [-0.05, 0) is 42.0 Å². The van der Waals surface area contributed by atoms with Crippen molar-refractivity contribution >= 4 is 27.3 Å². The van der Waals surface area contributed by atoms with E-state index in [1.54, 1.807) is 0 Å². The van der Waals surface area contributed by atoms with E-state index in [0.717, 1.165) is 21.7 Å². The van der Waals surface area contributed by atoms with Crippen LogP contribution in [0.25, 0.3) is 10.2 Å². The van der Waals surface area contributed by atoms with Crippen LogP contribution in [0.2, 0.25) is 0 Å². The van der Waals surface area contributed by atoms with Crippen molar-refractivity contribution in [2.24, 2.45) is 0 Å². The van der Waals surface area contributed by atoms with Gasteiger partial charge in [-0.2, -0.15) is 0 Å². The second-order valence-corrected chi connectivity index (χ2v) is 6.64. The molecule has 3 aromatic rings. The monoisotopic (exact) mass is 293 g/mol. The Balaban J connectivity index is 1.58. The normalized spacial score (nSPS) is 14.5. The average Bonchev–Trinajstić information content (AvgIpc) is 3.26. The third-order valence-corrected chi connectivity index (χ3v) is 4.97. The molecule has 0 saturated heterocycles. The zero-order valence-electron chi connectivity index (χ0n) is 11.6. The summed E-state index contributed by atoms with van der Waals surface area (Å²) in [6.07, 6.45) is 3.02. The topological polar surface area (TPSA) is 30.0 Å². The van der Waals surface area contributed by atoms with Crippen LogP contribution in [0.4, 0.5) is 0 Å². The van der Waals surface area contributed by atoms with Gasteiger partial charge in [-0.25, -0.2) is 4.98 Å². The van der Waals surface area contributed by atoms with E-state index in [4.69, 9.17) is 0 Å². The first-order valence-corrected chi connectivity index (χ1v) is 8.09. The quantitative estimate of drug-likeness (QED) is 0.658. The Morgan fingerprint density at radius 3 is 2.81 bits per heavy atom. The molecule has 1 aromatic heterocycles. The first kappa shape index (κ1) is 12.7. The molecule has 0 amide bonds. The Bertz CT molecular complexity index is 784.